The number of carbonyl (C=O) groups excluding carboxylic acids is 1. The van der Waals surface area contributed by atoms with Gasteiger partial charge in [-0.3, -0.25) is 0 Å². The molecule has 0 fully saturated rings. The van der Waals surface area contributed by atoms with Crippen molar-refractivity contribution < 1.29 is 29.4 Å². The third kappa shape index (κ3) is 4.42. The number of phenols is 1. The molecular weight excluding hydrogens is 334 g/mol. The summed E-state index contributed by atoms with van der Waals surface area (Å²) in [5.41, 5.74) is 2.52. The first-order valence-electron chi connectivity index (χ1n) is 8.03. The minimum atomic E-state index is -0.500. The fourth-order valence-corrected chi connectivity index (χ4v) is 2.77. The van der Waals surface area contributed by atoms with Crippen molar-refractivity contribution in [3.8, 4) is 17.4 Å². The number of aromatic nitrogens is 1. The van der Waals surface area contributed by atoms with E-state index >= 15 is 0 Å². The standard InChI is InChI=1S/C19H19NO3.CH2O2/c1-13-5-3-4-6-14(13)7-8-20-12-16-10-18(23-2)17(21)9-15(16)11-19(20)22;2-1-3/h3-6,9-12H,7-8H2,1-2H3,(H,21,22);1H,(H,2,3). The number of ether oxygens (including phenoxy) is 1. The van der Waals surface area contributed by atoms with Gasteiger partial charge in [-0.2, -0.15) is 4.57 Å². The second kappa shape index (κ2) is 8.71. The quantitative estimate of drug-likeness (QED) is 0.546. The molecule has 2 aromatic carbocycles. The van der Waals surface area contributed by atoms with Gasteiger partial charge in [0, 0.05) is 23.7 Å². The monoisotopic (exact) mass is 355 g/mol. The number of nitrogens with zero attached hydrogens (tertiary/aromatic N) is 1. The molecule has 6 nitrogen and oxygen atoms in total. The lowest BCUT2D eigenvalue weighted by Crippen LogP contribution is -2.34. The van der Waals surface area contributed by atoms with Crippen molar-refractivity contribution in [3.63, 3.8) is 0 Å². The molecule has 26 heavy (non-hydrogen) atoms. The summed E-state index contributed by atoms with van der Waals surface area (Å²) in [6, 6.07) is 13.3. The number of aromatic hydroxyl groups is 2. The van der Waals surface area contributed by atoms with Crippen molar-refractivity contribution in [3.05, 3.63) is 59.8 Å². The fraction of sp³-hybridized carbons (Fsp3) is 0.200. The normalized spacial score (nSPS) is 10.1. The zero-order valence-corrected chi connectivity index (χ0v) is 14.7. The summed E-state index contributed by atoms with van der Waals surface area (Å²) in [6.45, 7) is 2.27. The van der Waals surface area contributed by atoms with Crippen molar-refractivity contribution in [1.29, 1.82) is 0 Å². The first-order valence-corrected chi connectivity index (χ1v) is 8.03. The van der Waals surface area contributed by atoms with Crippen LogP contribution < -0.4 is 14.4 Å². The Kier molecular flexibility index (Phi) is 6.38. The summed E-state index contributed by atoms with van der Waals surface area (Å²) >= 11 is 0. The molecular formula is C20H21NO5. The van der Waals surface area contributed by atoms with E-state index < -0.39 is 6.47 Å². The SMILES string of the molecule is COc1cc2c[n+](CCc3ccccc3C)c(O)cc2cc1O.O=C[O-]. The molecule has 0 bridgehead atoms. The minimum absolute atomic E-state index is 0.0667. The van der Waals surface area contributed by atoms with Crippen LogP contribution in [0.4, 0.5) is 0 Å². The van der Waals surface area contributed by atoms with E-state index in [0.29, 0.717) is 12.3 Å². The number of carboxylic acid groups (broad SMARTS) is 1. The summed E-state index contributed by atoms with van der Waals surface area (Å²) in [4.78, 5) is 8.25. The van der Waals surface area contributed by atoms with E-state index in [1.54, 1.807) is 18.2 Å². The molecule has 0 saturated carbocycles. The number of carbonyl (C=O) groups is 1. The Balaban J connectivity index is 0.000000758. The molecule has 0 unspecified atom stereocenters. The van der Waals surface area contributed by atoms with Crippen LogP contribution in [-0.4, -0.2) is 23.8 Å². The Hall–Kier alpha value is -3.28. The highest BCUT2D eigenvalue weighted by molar-refractivity contribution is 5.85. The Morgan fingerprint density at radius 2 is 1.85 bits per heavy atom. The fourth-order valence-electron chi connectivity index (χ4n) is 2.77. The van der Waals surface area contributed by atoms with E-state index in [0.717, 1.165) is 17.2 Å². The molecule has 0 aliphatic rings. The number of pyridine rings is 1. The number of hydrogen-bond acceptors (Lipinski definition) is 5. The van der Waals surface area contributed by atoms with E-state index in [1.807, 2.05) is 22.9 Å². The van der Waals surface area contributed by atoms with Crippen molar-refractivity contribution >= 4 is 17.2 Å². The molecule has 0 aliphatic carbocycles. The second-order valence-corrected chi connectivity index (χ2v) is 5.75. The van der Waals surface area contributed by atoms with Crippen LogP contribution in [0.2, 0.25) is 0 Å². The van der Waals surface area contributed by atoms with Gasteiger partial charge in [-0.1, -0.05) is 24.3 Å². The molecule has 0 aliphatic heterocycles. The van der Waals surface area contributed by atoms with E-state index in [2.05, 4.69) is 19.1 Å². The van der Waals surface area contributed by atoms with Gasteiger partial charge in [-0.05, 0) is 30.2 Å². The van der Waals surface area contributed by atoms with Crippen LogP contribution in [0, 0.1) is 6.92 Å². The Bertz CT molecular complexity index is 908. The summed E-state index contributed by atoms with van der Waals surface area (Å²) in [7, 11) is 1.52. The Labute approximate surface area is 151 Å². The van der Waals surface area contributed by atoms with Gasteiger partial charge in [0.1, 0.15) is 0 Å². The van der Waals surface area contributed by atoms with Gasteiger partial charge >= 0.3 is 5.88 Å². The summed E-state index contributed by atoms with van der Waals surface area (Å²) in [5, 5.41) is 30.0. The van der Waals surface area contributed by atoms with Gasteiger partial charge < -0.3 is 24.9 Å². The largest absolute Gasteiger partial charge is 0.554 e. The number of rotatable bonds is 4. The maximum absolute atomic E-state index is 10.2. The number of benzene rings is 2. The first kappa shape index (κ1) is 19.1. The van der Waals surface area contributed by atoms with Crippen molar-refractivity contribution in [2.45, 2.75) is 19.9 Å². The second-order valence-electron chi connectivity index (χ2n) is 5.75. The topological polar surface area (TPSA) is 93.7 Å². The highest BCUT2D eigenvalue weighted by Gasteiger charge is 2.14. The molecule has 1 heterocycles. The predicted molar refractivity (Wildman–Crippen MR) is 95.0 cm³/mol. The molecule has 6 heteroatoms. The van der Waals surface area contributed by atoms with E-state index in [4.69, 9.17) is 14.6 Å². The Morgan fingerprint density at radius 1 is 1.15 bits per heavy atom. The maximum Gasteiger partial charge on any atom is 0.365 e. The molecule has 2 N–H and O–H groups in total. The molecule has 0 spiro atoms. The highest BCUT2D eigenvalue weighted by Crippen LogP contribution is 2.31. The number of aryl methyl sites for hydroxylation is 3. The first-order chi connectivity index (χ1) is 12.5. The predicted octanol–water partition coefficient (Wildman–Crippen LogP) is 1.46. The molecule has 3 aromatic rings. The molecule has 3 rings (SSSR count). The average Bonchev–Trinajstić information content (AvgIpc) is 2.61. The van der Waals surface area contributed by atoms with Gasteiger partial charge in [-0.15, -0.1) is 0 Å². The van der Waals surface area contributed by atoms with Crippen LogP contribution in [0.5, 0.6) is 17.4 Å². The number of fused-ring (bicyclic) bond motifs is 1. The Morgan fingerprint density at radius 3 is 2.50 bits per heavy atom. The van der Waals surface area contributed by atoms with E-state index in [-0.39, 0.29) is 11.6 Å². The van der Waals surface area contributed by atoms with E-state index in [9.17, 15) is 10.2 Å². The van der Waals surface area contributed by atoms with Gasteiger partial charge in [0.25, 0.3) is 0 Å². The van der Waals surface area contributed by atoms with Crippen LogP contribution in [0.25, 0.3) is 10.8 Å². The maximum atomic E-state index is 10.2. The molecule has 0 saturated heterocycles. The molecule has 1 aromatic heterocycles. The smallest absolute Gasteiger partial charge is 0.365 e. The third-order valence-corrected chi connectivity index (χ3v) is 4.14. The van der Waals surface area contributed by atoms with Crippen molar-refractivity contribution in [1.82, 2.24) is 0 Å². The van der Waals surface area contributed by atoms with Crippen molar-refractivity contribution in [2.24, 2.45) is 0 Å². The number of methoxy groups -OCH3 is 1. The lowest BCUT2D eigenvalue weighted by atomic mass is 10.1. The summed E-state index contributed by atoms with van der Waals surface area (Å²) < 4.78 is 6.96. The van der Waals surface area contributed by atoms with Crippen LogP contribution in [0.1, 0.15) is 11.1 Å². The van der Waals surface area contributed by atoms with Crippen molar-refractivity contribution in [2.75, 3.05) is 7.11 Å². The average molecular weight is 355 g/mol. The highest BCUT2D eigenvalue weighted by atomic mass is 16.5. The van der Waals surface area contributed by atoms with Crippen LogP contribution >= 0.6 is 0 Å². The van der Waals surface area contributed by atoms with Crippen LogP contribution in [0.3, 0.4) is 0 Å². The van der Waals surface area contributed by atoms with Crippen LogP contribution in [-0.2, 0) is 17.8 Å². The third-order valence-electron chi connectivity index (χ3n) is 4.14. The number of phenolic OH excluding ortho intramolecular Hbond substituents is 1. The lowest BCUT2D eigenvalue weighted by molar-refractivity contribution is -0.700. The van der Waals surface area contributed by atoms with E-state index in [1.165, 1.54) is 18.2 Å². The minimum Gasteiger partial charge on any atom is -0.554 e. The zero-order valence-electron chi connectivity index (χ0n) is 14.7. The summed E-state index contributed by atoms with van der Waals surface area (Å²) in [6.07, 6.45) is 2.72. The summed E-state index contributed by atoms with van der Waals surface area (Å²) in [5.74, 6) is 0.668. The molecule has 0 amide bonds. The lowest BCUT2D eigenvalue weighted by Gasteiger charge is -2.07. The van der Waals surface area contributed by atoms with Gasteiger partial charge in [0.2, 0.25) is 0 Å². The molecule has 0 radical (unpaired) electrons. The van der Waals surface area contributed by atoms with Gasteiger partial charge in [0.15, 0.2) is 24.2 Å². The number of hydrogen-bond donors (Lipinski definition) is 2. The zero-order chi connectivity index (χ0) is 19.1. The van der Waals surface area contributed by atoms with Gasteiger partial charge in [-0.25, -0.2) is 0 Å². The molecule has 0 atom stereocenters. The molecule has 136 valence electrons. The van der Waals surface area contributed by atoms with Crippen LogP contribution in [0.15, 0.2) is 48.7 Å². The van der Waals surface area contributed by atoms with Gasteiger partial charge in [0.05, 0.1) is 13.2 Å².